The predicted octanol–water partition coefficient (Wildman–Crippen LogP) is 1.95. The summed E-state index contributed by atoms with van der Waals surface area (Å²) in [5.41, 5.74) is 0. The Balaban J connectivity index is 0. The molecule has 0 radical (unpaired) electrons. The lowest BCUT2D eigenvalue weighted by Gasteiger charge is -1.92. The van der Waals surface area contributed by atoms with E-state index in [1.54, 1.807) is 0 Å². The SMILES string of the molecule is C=CCC/C=C/C.CNCCNC. The molecule has 0 spiro atoms. The fourth-order valence-corrected chi connectivity index (χ4v) is 0.631. The zero-order valence-electron chi connectivity index (χ0n) is 9.27. The third-order valence-corrected chi connectivity index (χ3v) is 1.40. The maximum Gasteiger partial charge on any atom is 0.00736 e. The van der Waals surface area contributed by atoms with Gasteiger partial charge in [0.1, 0.15) is 0 Å². The van der Waals surface area contributed by atoms with Crippen LogP contribution >= 0.6 is 0 Å². The second-order valence-corrected chi connectivity index (χ2v) is 2.64. The highest BCUT2D eigenvalue weighted by molar-refractivity contribution is 4.80. The van der Waals surface area contributed by atoms with Crippen LogP contribution in [-0.2, 0) is 0 Å². The molecule has 0 saturated heterocycles. The molecule has 13 heavy (non-hydrogen) atoms. The fraction of sp³-hybridized carbons (Fsp3) is 0.636. The van der Waals surface area contributed by atoms with Gasteiger partial charge in [0, 0.05) is 13.1 Å². The Morgan fingerprint density at radius 1 is 1.08 bits per heavy atom. The van der Waals surface area contributed by atoms with Gasteiger partial charge in [0.2, 0.25) is 0 Å². The maximum atomic E-state index is 3.60. The van der Waals surface area contributed by atoms with Crippen LogP contribution in [0.15, 0.2) is 24.8 Å². The quantitative estimate of drug-likeness (QED) is 0.487. The van der Waals surface area contributed by atoms with E-state index in [4.69, 9.17) is 0 Å². The van der Waals surface area contributed by atoms with Crippen molar-refractivity contribution < 1.29 is 0 Å². The lowest BCUT2D eigenvalue weighted by atomic mass is 10.3. The number of hydrogen-bond acceptors (Lipinski definition) is 2. The van der Waals surface area contributed by atoms with E-state index < -0.39 is 0 Å². The van der Waals surface area contributed by atoms with Gasteiger partial charge in [-0.05, 0) is 33.9 Å². The van der Waals surface area contributed by atoms with Crippen LogP contribution in [0.3, 0.4) is 0 Å². The van der Waals surface area contributed by atoms with Gasteiger partial charge in [-0.3, -0.25) is 0 Å². The van der Waals surface area contributed by atoms with Crippen LogP contribution < -0.4 is 10.6 Å². The van der Waals surface area contributed by atoms with Crippen molar-refractivity contribution in [3.05, 3.63) is 24.8 Å². The van der Waals surface area contributed by atoms with Gasteiger partial charge in [-0.25, -0.2) is 0 Å². The largest absolute Gasteiger partial charge is 0.318 e. The van der Waals surface area contributed by atoms with E-state index in [1.807, 2.05) is 27.1 Å². The number of hydrogen-bond donors (Lipinski definition) is 2. The van der Waals surface area contributed by atoms with Gasteiger partial charge in [0.15, 0.2) is 0 Å². The second-order valence-electron chi connectivity index (χ2n) is 2.64. The molecule has 0 aliphatic carbocycles. The fourth-order valence-electron chi connectivity index (χ4n) is 0.631. The van der Waals surface area contributed by atoms with E-state index in [-0.39, 0.29) is 0 Å². The summed E-state index contributed by atoms with van der Waals surface area (Å²) in [6, 6.07) is 0. The Kier molecular flexibility index (Phi) is 20.0. The Morgan fingerprint density at radius 3 is 1.92 bits per heavy atom. The summed E-state index contributed by atoms with van der Waals surface area (Å²) in [5.74, 6) is 0. The molecule has 0 aromatic carbocycles. The molecule has 0 aliphatic heterocycles. The minimum atomic E-state index is 1.05. The van der Waals surface area contributed by atoms with Crippen molar-refractivity contribution in [1.82, 2.24) is 10.6 Å². The van der Waals surface area contributed by atoms with Crippen LogP contribution in [0.2, 0.25) is 0 Å². The smallest absolute Gasteiger partial charge is 0.00736 e. The highest BCUT2D eigenvalue weighted by atomic mass is 14.9. The average molecular weight is 184 g/mol. The number of nitrogens with one attached hydrogen (secondary N) is 2. The zero-order chi connectivity index (χ0) is 10.4. The molecule has 0 aliphatic rings. The standard InChI is InChI=1S/C7H12.C4H12N2/c1-3-5-7-6-4-2;1-5-3-4-6-2/h3-4,6H,1,5,7H2,2H3;5-6H,3-4H2,1-2H3/b6-4+;. The van der Waals surface area contributed by atoms with Crippen molar-refractivity contribution in [1.29, 1.82) is 0 Å². The van der Waals surface area contributed by atoms with Gasteiger partial charge in [0.25, 0.3) is 0 Å². The minimum absolute atomic E-state index is 1.05. The van der Waals surface area contributed by atoms with Crippen LogP contribution in [0, 0.1) is 0 Å². The normalized spacial score (nSPS) is 9.46. The van der Waals surface area contributed by atoms with E-state index in [2.05, 4.69) is 29.4 Å². The zero-order valence-corrected chi connectivity index (χ0v) is 9.27. The summed E-state index contributed by atoms with van der Waals surface area (Å²) in [7, 11) is 3.88. The third-order valence-electron chi connectivity index (χ3n) is 1.40. The summed E-state index contributed by atoms with van der Waals surface area (Å²) >= 11 is 0. The summed E-state index contributed by atoms with van der Waals surface area (Å²) in [6.07, 6.45) is 8.37. The highest BCUT2D eigenvalue weighted by Crippen LogP contribution is 1.88. The summed E-state index contributed by atoms with van der Waals surface area (Å²) in [6.45, 7) is 7.73. The van der Waals surface area contributed by atoms with E-state index in [0.29, 0.717) is 0 Å². The molecule has 78 valence electrons. The van der Waals surface area contributed by atoms with E-state index >= 15 is 0 Å². The monoisotopic (exact) mass is 184 g/mol. The lowest BCUT2D eigenvalue weighted by Crippen LogP contribution is -2.21. The van der Waals surface area contributed by atoms with Crippen LogP contribution in [0.4, 0.5) is 0 Å². The van der Waals surface area contributed by atoms with Crippen LogP contribution in [0.1, 0.15) is 19.8 Å². The highest BCUT2D eigenvalue weighted by Gasteiger charge is 1.71. The minimum Gasteiger partial charge on any atom is -0.318 e. The third kappa shape index (κ3) is 24.6. The van der Waals surface area contributed by atoms with Crippen molar-refractivity contribution in [3.8, 4) is 0 Å². The average Bonchev–Trinajstić information content (AvgIpc) is 2.17. The number of allylic oxidation sites excluding steroid dienone is 3. The van der Waals surface area contributed by atoms with Crippen molar-refractivity contribution in [2.24, 2.45) is 0 Å². The Morgan fingerprint density at radius 2 is 1.62 bits per heavy atom. The summed E-state index contributed by atoms with van der Waals surface area (Å²) < 4.78 is 0. The number of unbranched alkanes of at least 4 members (excludes halogenated alkanes) is 1. The summed E-state index contributed by atoms with van der Waals surface area (Å²) in [4.78, 5) is 0. The van der Waals surface area contributed by atoms with E-state index in [9.17, 15) is 0 Å². The second kappa shape index (κ2) is 17.5. The molecule has 0 aromatic rings. The molecule has 0 unspecified atom stereocenters. The Labute approximate surface area is 83.1 Å². The first-order valence-corrected chi connectivity index (χ1v) is 4.84. The van der Waals surface area contributed by atoms with E-state index in [1.165, 1.54) is 0 Å². The number of likely N-dealkylation sites (N-methyl/N-ethyl adjacent to an activating group) is 2. The predicted molar refractivity (Wildman–Crippen MR) is 62.1 cm³/mol. The first-order chi connectivity index (χ1) is 6.33. The molecule has 0 aromatic heterocycles. The molecular formula is C11H24N2. The van der Waals surface area contributed by atoms with Crippen LogP contribution in [-0.4, -0.2) is 27.2 Å². The van der Waals surface area contributed by atoms with Gasteiger partial charge >= 0.3 is 0 Å². The van der Waals surface area contributed by atoms with Gasteiger partial charge < -0.3 is 10.6 Å². The van der Waals surface area contributed by atoms with Crippen LogP contribution in [0.25, 0.3) is 0 Å². The molecule has 0 bridgehead atoms. The van der Waals surface area contributed by atoms with Gasteiger partial charge in [-0.2, -0.15) is 0 Å². The molecule has 2 heteroatoms. The number of rotatable bonds is 6. The molecule has 0 fully saturated rings. The first kappa shape index (κ1) is 14.9. The molecule has 0 saturated carbocycles. The molecule has 0 rings (SSSR count). The van der Waals surface area contributed by atoms with Gasteiger partial charge in [-0.15, -0.1) is 6.58 Å². The van der Waals surface area contributed by atoms with Gasteiger partial charge in [0.05, 0.1) is 0 Å². The topological polar surface area (TPSA) is 24.1 Å². The summed E-state index contributed by atoms with van der Waals surface area (Å²) in [5, 5.41) is 6.01. The molecule has 0 heterocycles. The lowest BCUT2D eigenvalue weighted by molar-refractivity contribution is 0.718. The Bertz CT molecular complexity index is 105. The molecule has 0 amide bonds. The Hall–Kier alpha value is -0.600. The first-order valence-electron chi connectivity index (χ1n) is 4.84. The van der Waals surface area contributed by atoms with Crippen molar-refractivity contribution in [2.45, 2.75) is 19.8 Å². The van der Waals surface area contributed by atoms with Crippen molar-refractivity contribution in [3.63, 3.8) is 0 Å². The van der Waals surface area contributed by atoms with Crippen molar-refractivity contribution in [2.75, 3.05) is 27.2 Å². The molecule has 2 N–H and O–H groups in total. The maximum absolute atomic E-state index is 3.60. The molecular weight excluding hydrogens is 160 g/mol. The van der Waals surface area contributed by atoms with Crippen LogP contribution in [0.5, 0.6) is 0 Å². The molecule has 0 atom stereocenters. The van der Waals surface area contributed by atoms with Gasteiger partial charge in [-0.1, -0.05) is 18.2 Å². The van der Waals surface area contributed by atoms with Crippen molar-refractivity contribution >= 4 is 0 Å². The molecule has 2 nitrogen and oxygen atoms in total. The van der Waals surface area contributed by atoms with E-state index in [0.717, 1.165) is 25.9 Å².